The van der Waals surface area contributed by atoms with E-state index in [2.05, 4.69) is 0 Å². The van der Waals surface area contributed by atoms with Gasteiger partial charge in [0.2, 0.25) is 5.78 Å². The number of ether oxygens (including phenoxy) is 2. The van der Waals surface area contributed by atoms with Gasteiger partial charge in [0.05, 0.1) is 12.0 Å². The molecule has 4 rings (SSSR count). The molecule has 0 aliphatic carbocycles. The molecule has 0 bridgehead atoms. The molecule has 0 saturated carbocycles. The van der Waals surface area contributed by atoms with Crippen LogP contribution in [0.15, 0.2) is 59.7 Å². The molecule has 1 aliphatic rings. The third-order valence-corrected chi connectivity index (χ3v) is 5.49. The number of halogens is 1. The molecule has 0 spiro atoms. The number of allylic oxidation sites excluding steroid dienone is 1. The molecule has 0 saturated heterocycles. The molecule has 0 atom stereocenters. The lowest BCUT2D eigenvalue weighted by Gasteiger charge is -2.07. The molecule has 6 heteroatoms. The van der Waals surface area contributed by atoms with Crippen LogP contribution in [0.25, 0.3) is 6.08 Å². The molecule has 28 heavy (non-hydrogen) atoms. The van der Waals surface area contributed by atoms with Crippen LogP contribution in [0.5, 0.6) is 11.5 Å². The summed E-state index contributed by atoms with van der Waals surface area (Å²) in [6, 6.07) is 14.2. The van der Waals surface area contributed by atoms with E-state index >= 15 is 0 Å². The van der Waals surface area contributed by atoms with Crippen molar-refractivity contribution in [3.8, 4) is 11.5 Å². The van der Waals surface area contributed by atoms with Crippen LogP contribution in [0.2, 0.25) is 5.02 Å². The summed E-state index contributed by atoms with van der Waals surface area (Å²) in [6.45, 7) is 1.79. The fraction of sp³-hybridized carbons (Fsp3) is 0.0909. The molecule has 0 amide bonds. The lowest BCUT2D eigenvalue weighted by atomic mass is 10.0. The third kappa shape index (κ3) is 3.72. The van der Waals surface area contributed by atoms with Crippen LogP contribution < -0.4 is 9.47 Å². The van der Waals surface area contributed by atoms with Crippen molar-refractivity contribution in [2.75, 3.05) is 0 Å². The van der Waals surface area contributed by atoms with Gasteiger partial charge in [-0.05, 0) is 47.7 Å². The number of thiophene rings is 1. The van der Waals surface area contributed by atoms with E-state index in [1.165, 1.54) is 11.3 Å². The van der Waals surface area contributed by atoms with Gasteiger partial charge in [0.25, 0.3) is 0 Å². The first-order valence-corrected chi connectivity index (χ1v) is 9.83. The second kappa shape index (κ2) is 7.62. The van der Waals surface area contributed by atoms with Crippen molar-refractivity contribution in [1.82, 2.24) is 0 Å². The van der Waals surface area contributed by atoms with Crippen LogP contribution >= 0.6 is 22.9 Å². The van der Waals surface area contributed by atoms with Crippen LogP contribution in [0.1, 0.15) is 26.4 Å². The SMILES string of the molecule is Cc1cc(OC(=O)Cc2cccs2)cc2c1C(=O)/C(=C/c1ccccc1Cl)O2. The number of hydrogen-bond acceptors (Lipinski definition) is 5. The van der Waals surface area contributed by atoms with Gasteiger partial charge in [0, 0.05) is 16.0 Å². The summed E-state index contributed by atoms with van der Waals surface area (Å²) in [4.78, 5) is 25.8. The Kier molecular flexibility index (Phi) is 5.03. The fourth-order valence-corrected chi connectivity index (χ4v) is 3.87. The number of carbonyl (C=O) groups excluding carboxylic acids is 2. The monoisotopic (exact) mass is 410 g/mol. The standard InChI is InChI=1S/C22H15ClO4S/c1-13-9-15(26-20(24)12-16-6-4-8-28-16)11-18-21(13)22(25)19(27-18)10-14-5-2-3-7-17(14)23/h2-11H,12H2,1H3/b19-10-. The zero-order valence-corrected chi connectivity index (χ0v) is 16.5. The molecule has 4 nitrogen and oxygen atoms in total. The summed E-state index contributed by atoms with van der Waals surface area (Å²) in [5.74, 6) is 0.335. The van der Waals surface area contributed by atoms with Gasteiger partial charge in [-0.3, -0.25) is 9.59 Å². The van der Waals surface area contributed by atoms with Crippen LogP contribution in [0.3, 0.4) is 0 Å². The van der Waals surface area contributed by atoms with Gasteiger partial charge in [0.1, 0.15) is 11.5 Å². The average molecular weight is 411 g/mol. The molecule has 1 aliphatic heterocycles. The summed E-state index contributed by atoms with van der Waals surface area (Å²) in [5, 5.41) is 2.44. The smallest absolute Gasteiger partial charge is 0.316 e. The Labute approximate surface area is 171 Å². The third-order valence-electron chi connectivity index (χ3n) is 4.27. The number of fused-ring (bicyclic) bond motifs is 1. The maximum absolute atomic E-state index is 12.7. The van der Waals surface area contributed by atoms with Gasteiger partial charge in [-0.15, -0.1) is 11.3 Å². The van der Waals surface area contributed by atoms with Crippen LogP contribution in [0, 0.1) is 6.92 Å². The van der Waals surface area contributed by atoms with Crippen molar-refractivity contribution in [1.29, 1.82) is 0 Å². The average Bonchev–Trinajstić information content (AvgIpc) is 3.25. The van der Waals surface area contributed by atoms with Gasteiger partial charge < -0.3 is 9.47 Å². The quantitative estimate of drug-likeness (QED) is 0.325. The number of benzene rings is 2. The predicted molar refractivity (Wildman–Crippen MR) is 109 cm³/mol. The number of carbonyl (C=O) groups is 2. The van der Waals surface area contributed by atoms with Crippen molar-refractivity contribution < 1.29 is 19.1 Å². The number of Topliss-reactive ketones (excluding diaryl/α,β-unsaturated/α-hetero) is 1. The van der Waals surface area contributed by atoms with Gasteiger partial charge in [-0.1, -0.05) is 35.9 Å². The van der Waals surface area contributed by atoms with E-state index in [1.807, 2.05) is 29.6 Å². The fourth-order valence-electron chi connectivity index (χ4n) is 2.99. The van der Waals surface area contributed by atoms with Crippen molar-refractivity contribution in [2.45, 2.75) is 13.3 Å². The summed E-state index contributed by atoms with van der Waals surface area (Å²) in [7, 11) is 0. The lowest BCUT2D eigenvalue weighted by molar-refractivity contribution is -0.133. The topological polar surface area (TPSA) is 52.6 Å². The van der Waals surface area contributed by atoms with E-state index in [9.17, 15) is 9.59 Å². The van der Waals surface area contributed by atoms with Gasteiger partial charge >= 0.3 is 5.97 Å². The first-order valence-electron chi connectivity index (χ1n) is 8.58. The first kappa shape index (κ1) is 18.5. The van der Waals surface area contributed by atoms with Gasteiger partial charge in [-0.25, -0.2) is 0 Å². The largest absolute Gasteiger partial charge is 0.452 e. The second-order valence-electron chi connectivity index (χ2n) is 6.30. The Morgan fingerprint density at radius 1 is 1.21 bits per heavy atom. The molecular formula is C22H15ClO4S. The van der Waals surface area contributed by atoms with Crippen LogP contribution in [-0.4, -0.2) is 11.8 Å². The zero-order chi connectivity index (χ0) is 19.7. The van der Waals surface area contributed by atoms with Gasteiger partial charge in [-0.2, -0.15) is 0 Å². The summed E-state index contributed by atoms with van der Waals surface area (Å²) >= 11 is 7.66. The molecule has 0 fully saturated rings. The molecular weight excluding hydrogens is 396 g/mol. The summed E-state index contributed by atoms with van der Waals surface area (Å²) < 4.78 is 11.2. The molecule has 1 aromatic heterocycles. The number of ketones is 1. The minimum atomic E-state index is -0.363. The van der Waals surface area contributed by atoms with Crippen molar-refractivity contribution in [3.63, 3.8) is 0 Å². The minimum Gasteiger partial charge on any atom is -0.452 e. The van der Waals surface area contributed by atoms with Crippen molar-refractivity contribution in [3.05, 3.63) is 86.3 Å². The van der Waals surface area contributed by atoms with E-state index in [4.69, 9.17) is 21.1 Å². The Balaban J connectivity index is 1.58. The maximum Gasteiger partial charge on any atom is 0.316 e. The highest BCUT2D eigenvalue weighted by Gasteiger charge is 2.30. The highest BCUT2D eigenvalue weighted by atomic mass is 35.5. The Morgan fingerprint density at radius 2 is 2.04 bits per heavy atom. The van der Waals surface area contributed by atoms with Crippen molar-refractivity contribution in [2.24, 2.45) is 0 Å². The Bertz CT molecular complexity index is 1100. The van der Waals surface area contributed by atoms with E-state index < -0.39 is 0 Å². The van der Waals surface area contributed by atoms with Crippen molar-refractivity contribution >= 4 is 40.8 Å². The number of esters is 1. The van der Waals surface area contributed by atoms with E-state index in [1.54, 1.807) is 37.3 Å². The molecule has 2 heterocycles. The molecule has 2 aromatic carbocycles. The Morgan fingerprint density at radius 3 is 2.79 bits per heavy atom. The number of rotatable bonds is 4. The summed E-state index contributed by atoms with van der Waals surface area (Å²) in [6.07, 6.45) is 1.82. The highest BCUT2D eigenvalue weighted by Crippen LogP contribution is 2.38. The van der Waals surface area contributed by atoms with E-state index in [0.29, 0.717) is 33.2 Å². The first-order chi connectivity index (χ1) is 13.5. The van der Waals surface area contributed by atoms with Crippen LogP contribution in [-0.2, 0) is 11.2 Å². The Hall–Kier alpha value is -2.89. The molecule has 0 radical (unpaired) electrons. The molecule has 3 aromatic rings. The van der Waals surface area contributed by atoms with E-state index in [0.717, 1.165) is 4.88 Å². The molecule has 0 unspecified atom stereocenters. The summed E-state index contributed by atoms with van der Waals surface area (Å²) in [5.41, 5.74) is 1.85. The van der Waals surface area contributed by atoms with Crippen LogP contribution in [0.4, 0.5) is 0 Å². The van der Waals surface area contributed by atoms with Gasteiger partial charge in [0.15, 0.2) is 5.76 Å². The number of hydrogen-bond donors (Lipinski definition) is 0. The maximum atomic E-state index is 12.7. The second-order valence-corrected chi connectivity index (χ2v) is 7.74. The zero-order valence-electron chi connectivity index (χ0n) is 14.9. The normalized spacial score (nSPS) is 14.1. The number of aryl methyl sites for hydroxylation is 1. The molecule has 140 valence electrons. The minimum absolute atomic E-state index is 0.188. The van der Waals surface area contributed by atoms with E-state index in [-0.39, 0.29) is 23.9 Å². The molecule has 0 N–H and O–H groups in total. The lowest BCUT2D eigenvalue weighted by Crippen LogP contribution is -2.10. The highest BCUT2D eigenvalue weighted by molar-refractivity contribution is 7.10. The predicted octanol–water partition coefficient (Wildman–Crippen LogP) is 5.47.